The number of hydrogen-bond donors (Lipinski definition) is 2. The standard InChI is InChI=1S/C38H52BrN3O7/c1-23(2)18-25(21-43)42-32-34(46)41(37(6,7)22-36(3,4)5)17-13-9-12-16-28(44)40-20-27(24-14-10-8-11-15-24)48-35(47)29-30(33(42)45)38(32)19-26(39)31(29)49-38/h8-11,13-15,19,23,25,27,29-32,43H,12,16-18,20-22H2,1-7H3,(H,40,44)/b13-9-/t25-,27+,29+,30-,31+,32+,38-/m1/s1. The van der Waals surface area contributed by atoms with Gasteiger partial charge in [-0.05, 0) is 56.1 Å². The van der Waals surface area contributed by atoms with Crippen molar-refractivity contribution in [3.8, 4) is 0 Å². The van der Waals surface area contributed by atoms with Gasteiger partial charge in [0.1, 0.15) is 29.8 Å². The van der Waals surface area contributed by atoms with Gasteiger partial charge < -0.3 is 29.7 Å². The second kappa shape index (κ2) is 14.3. The second-order valence-electron chi connectivity index (χ2n) is 16.2. The predicted molar refractivity (Wildman–Crippen MR) is 189 cm³/mol. The van der Waals surface area contributed by atoms with Gasteiger partial charge in [0, 0.05) is 23.0 Å². The molecule has 11 heteroatoms. The highest BCUT2D eigenvalue weighted by Gasteiger charge is 2.75. The Morgan fingerprint density at radius 2 is 1.73 bits per heavy atom. The van der Waals surface area contributed by atoms with E-state index in [1.165, 1.54) is 4.90 Å². The number of nitrogens with one attached hydrogen (secondary N) is 1. The molecule has 2 saturated heterocycles. The zero-order valence-electron chi connectivity index (χ0n) is 29.8. The van der Waals surface area contributed by atoms with E-state index >= 15 is 4.79 Å². The van der Waals surface area contributed by atoms with Gasteiger partial charge in [-0.3, -0.25) is 19.2 Å². The maximum absolute atomic E-state index is 15.3. The van der Waals surface area contributed by atoms with Crippen LogP contribution in [0.5, 0.6) is 0 Å². The van der Waals surface area contributed by atoms with Crippen LogP contribution in [0.25, 0.3) is 0 Å². The first-order chi connectivity index (χ1) is 23.0. The van der Waals surface area contributed by atoms with E-state index in [-0.39, 0.29) is 49.3 Å². The van der Waals surface area contributed by atoms with Crippen LogP contribution in [0.1, 0.15) is 85.8 Å². The molecule has 1 aromatic rings. The molecule has 10 nitrogen and oxygen atoms in total. The lowest BCUT2D eigenvalue weighted by atomic mass is 9.74. The van der Waals surface area contributed by atoms with Crippen LogP contribution < -0.4 is 5.32 Å². The number of aliphatic hydroxyl groups excluding tert-OH is 1. The van der Waals surface area contributed by atoms with E-state index in [4.69, 9.17) is 9.47 Å². The Labute approximate surface area is 298 Å². The fourth-order valence-corrected chi connectivity index (χ4v) is 9.25. The van der Waals surface area contributed by atoms with E-state index in [0.717, 1.165) is 0 Å². The molecule has 2 fully saturated rings. The molecule has 268 valence electrons. The minimum Gasteiger partial charge on any atom is -0.455 e. The van der Waals surface area contributed by atoms with E-state index in [2.05, 4.69) is 42.0 Å². The summed E-state index contributed by atoms with van der Waals surface area (Å²) in [5, 5.41) is 13.7. The third kappa shape index (κ3) is 7.40. The van der Waals surface area contributed by atoms with Crippen molar-refractivity contribution in [1.82, 2.24) is 15.1 Å². The van der Waals surface area contributed by atoms with Crippen LogP contribution in [0.2, 0.25) is 0 Å². The molecule has 0 aliphatic carbocycles. The highest BCUT2D eigenvalue weighted by Crippen LogP contribution is 2.59. The molecule has 4 aliphatic heterocycles. The number of carbonyl (C=O) groups excluding carboxylic acids is 4. The maximum Gasteiger partial charge on any atom is 0.313 e. The molecule has 2 N–H and O–H groups in total. The van der Waals surface area contributed by atoms with Gasteiger partial charge in [0.05, 0.1) is 25.1 Å². The molecule has 0 saturated carbocycles. The lowest BCUT2D eigenvalue weighted by Crippen LogP contribution is -2.62. The number of likely N-dealkylation sites (tertiary alicyclic amines) is 1. The first-order valence-corrected chi connectivity index (χ1v) is 18.3. The fraction of sp³-hybridized carbons (Fsp3) is 0.632. The lowest BCUT2D eigenvalue weighted by Gasteiger charge is -2.46. The molecular weight excluding hydrogens is 690 g/mol. The second-order valence-corrected chi connectivity index (χ2v) is 17.1. The van der Waals surface area contributed by atoms with E-state index in [1.54, 1.807) is 11.0 Å². The van der Waals surface area contributed by atoms with Crippen molar-refractivity contribution in [1.29, 1.82) is 0 Å². The highest BCUT2D eigenvalue weighted by molar-refractivity contribution is 9.11. The molecule has 7 atom stereocenters. The third-order valence-corrected chi connectivity index (χ3v) is 10.8. The van der Waals surface area contributed by atoms with Crippen LogP contribution in [0, 0.1) is 23.2 Å². The van der Waals surface area contributed by atoms with E-state index in [9.17, 15) is 19.5 Å². The number of allylic oxidation sites excluding steroid dienone is 1. The van der Waals surface area contributed by atoms with Crippen LogP contribution in [0.4, 0.5) is 0 Å². The minimum atomic E-state index is -1.46. The van der Waals surface area contributed by atoms with E-state index < -0.39 is 59.1 Å². The number of carbonyl (C=O) groups is 4. The van der Waals surface area contributed by atoms with Crippen LogP contribution in [-0.2, 0) is 28.7 Å². The van der Waals surface area contributed by atoms with Gasteiger partial charge in [0.2, 0.25) is 17.7 Å². The maximum atomic E-state index is 15.3. The minimum absolute atomic E-state index is 0.0558. The van der Waals surface area contributed by atoms with Crippen molar-refractivity contribution >= 4 is 39.6 Å². The molecule has 5 rings (SSSR count). The van der Waals surface area contributed by atoms with E-state index in [0.29, 0.717) is 29.3 Å². The summed E-state index contributed by atoms with van der Waals surface area (Å²) in [6.45, 7) is 14.4. The number of nitrogens with zero attached hydrogens (tertiary/aromatic N) is 2. The van der Waals surface area contributed by atoms with Crippen LogP contribution in [0.15, 0.2) is 53.0 Å². The monoisotopic (exact) mass is 741 g/mol. The summed E-state index contributed by atoms with van der Waals surface area (Å²) in [6, 6.07) is 7.37. The summed E-state index contributed by atoms with van der Waals surface area (Å²) < 4.78 is 13.5. The number of aliphatic hydroxyl groups is 1. The van der Waals surface area contributed by atoms with Gasteiger partial charge in [0.15, 0.2) is 0 Å². The Balaban J connectivity index is 1.66. The van der Waals surface area contributed by atoms with Crippen molar-refractivity contribution < 1.29 is 33.8 Å². The number of fused-ring (bicyclic) bond motifs is 2. The molecule has 0 radical (unpaired) electrons. The van der Waals surface area contributed by atoms with Gasteiger partial charge in [-0.2, -0.15) is 0 Å². The summed E-state index contributed by atoms with van der Waals surface area (Å²) in [4.78, 5) is 60.7. The van der Waals surface area contributed by atoms with Gasteiger partial charge in [-0.15, -0.1) is 0 Å². The normalized spacial score (nSPS) is 31.1. The molecule has 5 bridgehead atoms. The Kier molecular flexibility index (Phi) is 10.9. The first kappa shape index (κ1) is 37.2. The molecule has 1 spiro atoms. The zero-order chi connectivity index (χ0) is 35.9. The predicted octanol–water partition coefficient (Wildman–Crippen LogP) is 5.06. The SMILES string of the molecule is CC(C)C[C@H](CO)N1C(=O)[C@H]2[C@@H]3C(=O)O[C@H](c4ccccc4)CNC(=O)CC/C=C\CN(C(C)(C)CC(C)(C)C)C(=O)[C@H]1[C@@]21C=C(Br)[C@@H]3O1. The number of esters is 1. The van der Waals surface area contributed by atoms with Crippen LogP contribution in [0.3, 0.4) is 0 Å². The Morgan fingerprint density at radius 1 is 1.04 bits per heavy atom. The largest absolute Gasteiger partial charge is 0.455 e. The Bertz CT molecular complexity index is 1490. The molecule has 4 heterocycles. The molecule has 49 heavy (non-hydrogen) atoms. The highest BCUT2D eigenvalue weighted by atomic mass is 79.9. The summed E-state index contributed by atoms with van der Waals surface area (Å²) >= 11 is 3.63. The number of halogens is 1. The zero-order valence-corrected chi connectivity index (χ0v) is 31.4. The number of benzene rings is 1. The summed E-state index contributed by atoms with van der Waals surface area (Å²) in [7, 11) is 0. The Morgan fingerprint density at radius 3 is 2.37 bits per heavy atom. The van der Waals surface area contributed by atoms with Gasteiger partial charge >= 0.3 is 5.97 Å². The number of hydrogen-bond acceptors (Lipinski definition) is 7. The molecule has 3 amide bonds. The smallest absolute Gasteiger partial charge is 0.313 e. The topological polar surface area (TPSA) is 125 Å². The molecule has 0 aromatic heterocycles. The van der Waals surface area contributed by atoms with Crippen molar-refractivity contribution in [3.63, 3.8) is 0 Å². The fourth-order valence-electron chi connectivity index (χ4n) is 8.52. The number of amides is 3. The van der Waals surface area contributed by atoms with Gasteiger partial charge in [-0.25, -0.2) is 0 Å². The number of rotatable bonds is 7. The van der Waals surface area contributed by atoms with Crippen LogP contribution in [-0.4, -0.2) is 87.6 Å². The average Bonchev–Trinajstić information content (AvgIpc) is 3.61. The van der Waals surface area contributed by atoms with Crippen molar-refractivity contribution in [2.75, 3.05) is 19.7 Å². The van der Waals surface area contributed by atoms with Crippen LogP contribution >= 0.6 is 15.9 Å². The van der Waals surface area contributed by atoms with E-state index in [1.807, 2.05) is 70.2 Å². The summed E-state index contributed by atoms with van der Waals surface area (Å²) in [5.74, 6) is -3.55. The molecule has 1 aromatic carbocycles. The van der Waals surface area contributed by atoms with Gasteiger partial charge in [-0.1, -0.05) is 93.0 Å². The van der Waals surface area contributed by atoms with Crippen molar-refractivity contribution in [3.05, 3.63) is 58.6 Å². The summed E-state index contributed by atoms with van der Waals surface area (Å²) in [5.41, 5.74) is -1.56. The Hall–Kier alpha value is -3.02. The lowest BCUT2D eigenvalue weighted by molar-refractivity contribution is -0.161. The number of cyclic esters (lactones) is 1. The summed E-state index contributed by atoms with van der Waals surface area (Å²) in [6.07, 6.45) is 5.75. The molecular formula is C38H52BrN3O7. The average molecular weight is 743 g/mol. The molecule has 4 aliphatic rings. The third-order valence-electron chi connectivity index (χ3n) is 10.1. The van der Waals surface area contributed by atoms with Crippen molar-refractivity contribution in [2.24, 2.45) is 23.2 Å². The quantitative estimate of drug-likeness (QED) is 0.296. The molecule has 0 unspecified atom stereocenters. The number of ether oxygens (including phenoxy) is 2. The van der Waals surface area contributed by atoms with Gasteiger partial charge in [0.25, 0.3) is 0 Å². The van der Waals surface area contributed by atoms with Crippen molar-refractivity contribution in [2.45, 2.75) is 110 Å². The first-order valence-electron chi connectivity index (χ1n) is 17.5.